The maximum Gasteiger partial charge on any atom is 0.260 e. The molecule has 1 aromatic heterocycles. The van der Waals surface area contributed by atoms with Crippen LogP contribution >= 0.6 is 0 Å². The van der Waals surface area contributed by atoms with E-state index in [4.69, 9.17) is 4.74 Å². The zero-order valence-corrected chi connectivity index (χ0v) is 15.9. The van der Waals surface area contributed by atoms with Crippen molar-refractivity contribution in [3.63, 3.8) is 0 Å². The topological polar surface area (TPSA) is 93.5 Å². The molecule has 0 fully saturated rings. The van der Waals surface area contributed by atoms with Gasteiger partial charge in [0.05, 0.1) is 18.3 Å². The molecule has 1 N–H and O–H groups in total. The number of rotatable bonds is 9. The number of imidazole rings is 1. The predicted octanol–water partition coefficient (Wildman–Crippen LogP) is 1.25. The molecule has 2 rings (SSSR count). The van der Waals surface area contributed by atoms with Crippen molar-refractivity contribution in [1.82, 2.24) is 14.9 Å². The summed E-state index contributed by atoms with van der Waals surface area (Å²) >= 11 is 0. The van der Waals surface area contributed by atoms with Crippen molar-refractivity contribution in [1.29, 1.82) is 0 Å². The zero-order valence-electron chi connectivity index (χ0n) is 15.1. The highest BCUT2D eigenvalue weighted by Gasteiger charge is 2.15. The first-order chi connectivity index (χ1) is 12.3. The number of anilines is 1. The number of carbonyl (C=O) groups is 1. The first-order valence-electron chi connectivity index (χ1n) is 8.21. The van der Waals surface area contributed by atoms with Crippen LogP contribution in [0.5, 0.6) is 5.75 Å². The third kappa shape index (κ3) is 5.76. The Hall–Kier alpha value is -2.55. The van der Waals surface area contributed by atoms with Gasteiger partial charge < -0.3 is 14.6 Å². The average Bonchev–Trinajstić information content (AvgIpc) is 3.11. The molecule has 0 aliphatic heterocycles. The fourth-order valence-electron chi connectivity index (χ4n) is 2.22. The van der Waals surface area contributed by atoms with Crippen molar-refractivity contribution in [3.05, 3.63) is 43.0 Å². The fraction of sp³-hybridized carbons (Fsp3) is 0.412. The monoisotopic (exact) mass is 380 g/mol. The molecule has 26 heavy (non-hydrogen) atoms. The third-order valence-corrected chi connectivity index (χ3v) is 5.04. The molecule has 0 saturated heterocycles. The first-order valence-corrected chi connectivity index (χ1v) is 10.1. The lowest BCUT2D eigenvalue weighted by molar-refractivity contribution is -0.127. The second kappa shape index (κ2) is 8.70. The lowest BCUT2D eigenvalue weighted by Gasteiger charge is -2.18. The van der Waals surface area contributed by atoms with Crippen LogP contribution in [-0.2, 0) is 21.4 Å². The summed E-state index contributed by atoms with van der Waals surface area (Å²) < 4.78 is 31.8. The van der Waals surface area contributed by atoms with E-state index in [2.05, 4.69) is 10.3 Å². The summed E-state index contributed by atoms with van der Waals surface area (Å²) in [6.45, 7) is 3.00. The van der Waals surface area contributed by atoms with E-state index in [1.54, 1.807) is 43.7 Å². The molecule has 1 heterocycles. The Kier molecular flexibility index (Phi) is 6.62. The molecule has 0 aliphatic carbocycles. The van der Waals surface area contributed by atoms with Gasteiger partial charge in [0.1, 0.15) is 5.75 Å². The van der Waals surface area contributed by atoms with Gasteiger partial charge in [0.25, 0.3) is 5.91 Å². The van der Waals surface area contributed by atoms with Crippen molar-refractivity contribution in [2.45, 2.75) is 26.0 Å². The summed E-state index contributed by atoms with van der Waals surface area (Å²) in [6, 6.07) is 6.54. The van der Waals surface area contributed by atoms with E-state index in [1.807, 2.05) is 10.8 Å². The molecule has 1 amide bonds. The standard InChI is InChI=1S/C17H24N4O4S/c1-14(17(22)19-9-4-11-21-12-10-18-13-21)25-16-7-5-15(6-8-16)20(2)26(3,23)24/h5-8,10,12-14H,4,9,11H2,1-3H3,(H,19,22)/t14-/m0/s1. The van der Waals surface area contributed by atoms with Crippen LogP contribution in [0.1, 0.15) is 13.3 Å². The number of ether oxygens (including phenoxy) is 1. The molecule has 9 heteroatoms. The minimum Gasteiger partial charge on any atom is -0.481 e. The molecule has 1 aromatic carbocycles. The molecule has 142 valence electrons. The van der Waals surface area contributed by atoms with E-state index in [0.29, 0.717) is 18.0 Å². The lowest BCUT2D eigenvalue weighted by Crippen LogP contribution is -2.37. The van der Waals surface area contributed by atoms with E-state index in [9.17, 15) is 13.2 Å². The van der Waals surface area contributed by atoms with Crippen molar-refractivity contribution < 1.29 is 17.9 Å². The molecule has 8 nitrogen and oxygen atoms in total. The Morgan fingerprint density at radius 1 is 1.35 bits per heavy atom. The van der Waals surface area contributed by atoms with Gasteiger partial charge in [-0.05, 0) is 37.6 Å². The Morgan fingerprint density at radius 3 is 2.62 bits per heavy atom. The average molecular weight is 380 g/mol. The van der Waals surface area contributed by atoms with Gasteiger partial charge in [-0.3, -0.25) is 9.10 Å². The number of sulfonamides is 1. The third-order valence-electron chi connectivity index (χ3n) is 3.83. The first kappa shape index (κ1) is 19.8. The van der Waals surface area contributed by atoms with E-state index >= 15 is 0 Å². The number of hydrogen-bond donors (Lipinski definition) is 1. The van der Waals surface area contributed by atoms with E-state index in [1.165, 1.54) is 11.4 Å². The number of hydrogen-bond acceptors (Lipinski definition) is 5. The summed E-state index contributed by atoms with van der Waals surface area (Å²) in [6.07, 6.45) is 6.60. The number of nitrogens with zero attached hydrogens (tertiary/aromatic N) is 3. The van der Waals surface area contributed by atoms with Gasteiger partial charge in [0.2, 0.25) is 10.0 Å². The van der Waals surface area contributed by atoms with Crippen molar-refractivity contribution in [3.8, 4) is 5.75 Å². The SMILES string of the molecule is C[C@H](Oc1ccc(N(C)S(C)(=O)=O)cc1)C(=O)NCCCn1ccnc1. The molecular formula is C17H24N4O4S. The number of nitrogens with one attached hydrogen (secondary N) is 1. The van der Waals surface area contributed by atoms with Crippen molar-refractivity contribution >= 4 is 21.6 Å². The summed E-state index contributed by atoms with van der Waals surface area (Å²) in [5, 5.41) is 2.83. The van der Waals surface area contributed by atoms with Crippen molar-refractivity contribution in [2.75, 3.05) is 24.2 Å². The summed E-state index contributed by atoms with van der Waals surface area (Å²) in [5.74, 6) is 0.296. The van der Waals surface area contributed by atoms with Crippen LogP contribution in [0.2, 0.25) is 0 Å². The smallest absolute Gasteiger partial charge is 0.260 e. The highest BCUT2D eigenvalue weighted by molar-refractivity contribution is 7.92. The van der Waals surface area contributed by atoms with Crippen molar-refractivity contribution in [2.24, 2.45) is 0 Å². The van der Waals surface area contributed by atoms with E-state index in [0.717, 1.165) is 19.2 Å². The molecule has 0 radical (unpaired) electrons. The number of aryl methyl sites for hydroxylation is 1. The van der Waals surface area contributed by atoms with Crippen LogP contribution < -0.4 is 14.4 Å². The molecule has 0 unspecified atom stereocenters. The molecule has 1 atom stereocenters. The lowest BCUT2D eigenvalue weighted by atomic mass is 10.3. The predicted molar refractivity (Wildman–Crippen MR) is 99.6 cm³/mol. The van der Waals surface area contributed by atoms with Gasteiger partial charge in [-0.25, -0.2) is 13.4 Å². The normalized spacial score (nSPS) is 12.4. The minimum atomic E-state index is -3.31. The van der Waals surface area contributed by atoms with E-state index < -0.39 is 16.1 Å². The second-order valence-corrected chi connectivity index (χ2v) is 7.94. The van der Waals surface area contributed by atoms with Gasteiger partial charge in [0, 0.05) is 32.5 Å². The molecular weight excluding hydrogens is 356 g/mol. The van der Waals surface area contributed by atoms with Gasteiger partial charge >= 0.3 is 0 Å². The van der Waals surface area contributed by atoms with Crippen LogP contribution in [0, 0.1) is 0 Å². The minimum absolute atomic E-state index is 0.201. The highest BCUT2D eigenvalue weighted by atomic mass is 32.2. The van der Waals surface area contributed by atoms with Gasteiger partial charge in [-0.1, -0.05) is 0 Å². The highest BCUT2D eigenvalue weighted by Crippen LogP contribution is 2.21. The molecule has 0 aliphatic rings. The maximum atomic E-state index is 12.1. The van der Waals surface area contributed by atoms with Crippen LogP contribution in [0.3, 0.4) is 0 Å². The quantitative estimate of drug-likeness (QED) is 0.661. The summed E-state index contributed by atoms with van der Waals surface area (Å²) in [4.78, 5) is 16.0. The Morgan fingerprint density at radius 2 is 2.04 bits per heavy atom. The second-order valence-electron chi connectivity index (χ2n) is 5.93. The van der Waals surface area contributed by atoms with Crippen LogP contribution in [0.4, 0.5) is 5.69 Å². The fourth-order valence-corrected chi connectivity index (χ4v) is 2.72. The van der Waals surface area contributed by atoms with Gasteiger partial charge in [-0.2, -0.15) is 0 Å². The largest absolute Gasteiger partial charge is 0.481 e. The molecule has 0 saturated carbocycles. The number of aromatic nitrogens is 2. The molecule has 0 bridgehead atoms. The van der Waals surface area contributed by atoms with E-state index in [-0.39, 0.29) is 5.91 Å². The van der Waals surface area contributed by atoms with Gasteiger partial charge in [-0.15, -0.1) is 0 Å². The van der Waals surface area contributed by atoms with Crippen LogP contribution in [0.25, 0.3) is 0 Å². The van der Waals surface area contributed by atoms with Gasteiger partial charge in [0.15, 0.2) is 6.10 Å². The zero-order chi connectivity index (χ0) is 19.2. The molecule has 0 spiro atoms. The Labute approximate surface area is 153 Å². The summed E-state index contributed by atoms with van der Waals surface area (Å²) in [7, 11) is -1.83. The summed E-state index contributed by atoms with van der Waals surface area (Å²) in [5.41, 5.74) is 0.524. The van der Waals surface area contributed by atoms with Crippen LogP contribution in [0.15, 0.2) is 43.0 Å². The van der Waals surface area contributed by atoms with Crippen LogP contribution in [-0.4, -0.2) is 49.8 Å². The molecule has 2 aromatic rings. The Balaban J connectivity index is 1.79. The number of benzene rings is 1. The number of amides is 1. The number of carbonyl (C=O) groups excluding carboxylic acids is 1. The Bertz CT molecular complexity index is 804. The maximum absolute atomic E-state index is 12.1.